The molecule has 2 aromatic rings. The molecule has 0 unspecified atom stereocenters. The lowest BCUT2D eigenvalue weighted by molar-refractivity contribution is 0.182. The number of halogens is 1. The van der Waals surface area contributed by atoms with E-state index < -0.39 is 0 Å². The Morgan fingerprint density at radius 1 is 1.04 bits per heavy atom. The van der Waals surface area contributed by atoms with Crippen LogP contribution in [-0.4, -0.2) is 35.1 Å². The largest absolute Gasteiger partial charge is 0.508 e. The molecular weight excluding hydrogens is 337 g/mol. The Hall–Kier alpha value is -1.72. The van der Waals surface area contributed by atoms with Gasteiger partial charge >= 0.3 is 0 Å². The number of benzene rings is 2. The number of phenolic OH excluding ortho intramolecular Hbond substituents is 1. The van der Waals surface area contributed by atoms with Crippen molar-refractivity contribution in [2.24, 2.45) is 11.8 Å². The number of thioether (sulfide) groups is 1. The number of hydrogen-bond acceptors (Lipinski definition) is 4. The van der Waals surface area contributed by atoms with Crippen molar-refractivity contribution in [3.63, 3.8) is 0 Å². The molecule has 1 N–H and O–H groups in total. The summed E-state index contributed by atoms with van der Waals surface area (Å²) in [5, 5.41) is 9.34. The van der Waals surface area contributed by atoms with Gasteiger partial charge in [0.05, 0.1) is 6.10 Å². The fraction of sp³-hybridized carbons (Fsp3) is 0.400. The Labute approximate surface area is 151 Å². The highest BCUT2D eigenvalue weighted by Gasteiger charge is 2.41. The summed E-state index contributed by atoms with van der Waals surface area (Å²) in [4.78, 5) is 3.67. The van der Waals surface area contributed by atoms with E-state index in [0.29, 0.717) is 23.3 Å². The molecule has 2 aliphatic rings. The van der Waals surface area contributed by atoms with Crippen molar-refractivity contribution in [1.29, 1.82) is 0 Å². The van der Waals surface area contributed by atoms with Crippen LogP contribution < -0.4 is 4.74 Å². The molecule has 1 aliphatic carbocycles. The van der Waals surface area contributed by atoms with Gasteiger partial charge in [0.15, 0.2) is 11.6 Å². The van der Waals surface area contributed by atoms with Gasteiger partial charge in [-0.1, -0.05) is 12.1 Å². The average molecular weight is 359 g/mol. The minimum Gasteiger partial charge on any atom is -0.508 e. The Morgan fingerprint density at radius 2 is 1.72 bits per heavy atom. The molecule has 0 aromatic heterocycles. The van der Waals surface area contributed by atoms with E-state index in [1.165, 1.54) is 11.0 Å². The number of aromatic hydroxyl groups is 1. The van der Waals surface area contributed by atoms with E-state index in [1.807, 2.05) is 18.2 Å². The molecule has 3 atom stereocenters. The van der Waals surface area contributed by atoms with Crippen LogP contribution in [0.3, 0.4) is 0 Å². The highest BCUT2D eigenvalue weighted by atomic mass is 32.2. The molecule has 0 spiro atoms. The van der Waals surface area contributed by atoms with Gasteiger partial charge in [-0.05, 0) is 61.1 Å². The monoisotopic (exact) mass is 359 g/mol. The van der Waals surface area contributed by atoms with Crippen molar-refractivity contribution >= 4 is 11.8 Å². The first-order chi connectivity index (χ1) is 12.2. The second-order valence-corrected chi connectivity index (χ2v) is 7.98. The molecule has 4 rings (SSSR count). The van der Waals surface area contributed by atoms with Crippen LogP contribution in [0.2, 0.25) is 0 Å². The lowest BCUT2D eigenvalue weighted by atomic mass is 10.0. The van der Waals surface area contributed by atoms with Crippen molar-refractivity contribution in [3.8, 4) is 11.5 Å². The summed E-state index contributed by atoms with van der Waals surface area (Å²) < 4.78 is 19.6. The zero-order valence-electron chi connectivity index (χ0n) is 14.0. The summed E-state index contributed by atoms with van der Waals surface area (Å²) in [6.07, 6.45) is 2.16. The smallest absolute Gasteiger partial charge is 0.165 e. The molecule has 3 nitrogen and oxygen atoms in total. The van der Waals surface area contributed by atoms with Crippen LogP contribution in [0.5, 0.6) is 11.5 Å². The van der Waals surface area contributed by atoms with Crippen molar-refractivity contribution in [2.75, 3.05) is 19.0 Å². The third-order valence-electron chi connectivity index (χ3n) is 5.16. The van der Waals surface area contributed by atoms with Crippen LogP contribution in [0.1, 0.15) is 12.8 Å². The molecule has 0 amide bonds. The Kier molecular flexibility index (Phi) is 4.86. The van der Waals surface area contributed by atoms with E-state index in [1.54, 1.807) is 36.0 Å². The number of hydrogen-bond donors (Lipinski definition) is 1. The van der Waals surface area contributed by atoms with Crippen LogP contribution in [0.4, 0.5) is 4.39 Å². The molecule has 2 aromatic carbocycles. The van der Waals surface area contributed by atoms with Gasteiger partial charge in [0.1, 0.15) is 5.75 Å². The molecule has 0 bridgehead atoms. The zero-order valence-corrected chi connectivity index (χ0v) is 14.8. The number of ether oxygens (including phenoxy) is 1. The van der Waals surface area contributed by atoms with E-state index in [-0.39, 0.29) is 11.9 Å². The van der Waals surface area contributed by atoms with Gasteiger partial charge in [0.2, 0.25) is 0 Å². The van der Waals surface area contributed by atoms with Crippen LogP contribution in [0.15, 0.2) is 53.4 Å². The highest BCUT2D eigenvalue weighted by Crippen LogP contribution is 2.40. The van der Waals surface area contributed by atoms with Crippen LogP contribution in [0, 0.1) is 17.7 Å². The summed E-state index contributed by atoms with van der Waals surface area (Å²) in [6, 6.07) is 14.0. The van der Waals surface area contributed by atoms with Gasteiger partial charge in [-0.2, -0.15) is 0 Å². The fourth-order valence-corrected chi connectivity index (χ4v) is 4.84. The number of phenols is 1. The van der Waals surface area contributed by atoms with Gasteiger partial charge in [-0.15, -0.1) is 11.8 Å². The Morgan fingerprint density at radius 3 is 2.40 bits per heavy atom. The highest BCUT2D eigenvalue weighted by molar-refractivity contribution is 7.99. The summed E-state index contributed by atoms with van der Waals surface area (Å²) in [5.41, 5.74) is 0. The third kappa shape index (κ3) is 3.93. The minimum absolute atomic E-state index is 0.138. The van der Waals surface area contributed by atoms with Crippen molar-refractivity contribution in [2.45, 2.75) is 23.8 Å². The Bertz CT molecular complexity index is 710. The first kappa shape index (κ1) is 16.7. The molecule has 1 saturated carbocycles. The topological polar surface area (TPSA) is 32.7 Å². The minimum atomic E-state index is -0.272. The van der Waals surface area contributed by atoms with Gasteiger partial charge < -0.3 is 9.84 Å². The van der Waals surface area contributed by atoms with Gasteiger partial charge in [-0.3, -0.25) is 4.90 Å². The number of rotatable bonds is 5. The summed E-state index contributed by atoms with van der Waals surface area (Å²) in [7, 11) is 0. The quantitative estimate of drug-likeness (QED) is 0.804. The molecular formula is C20H22FNO2S. The Balaban J connectivity index is 1.26. The van der Waals surface area contributed by atoms with Crippen molar-refractivity contribution < 1.29 is 14.2 Å². The summed E-state index contributed by atoms with van der Waals surface area (Å²) in [5.74, 6) is 2.69. The number of likely N-dealkylation sites (tertiary alicyclic amines) is 1. The SMILES string of the molecule is Oc1ccc(SCN2C[C@H]3C[C@H](Oc4ccccc4F)C[C@H]3C2)cc1. The number of nitrogens with zero attached hydrogens (tertiary/aromatic N) is 1. The maximum absolute atomic E-state index is 13.7. The molecule has 0 radical (unpaired) electrons. The molecule has 25 heavy (non-hydrogen) atoms. The molecule has 5 heteroatoms. The molecule has 2 fully saturated rings. The lowest BCUT2D eigenvalue weighted by Crippen LogP contribution is -2.24. The summed E-state index contributed by atoms with van der Waals surface area (Å²) in [6.45, 7) is 2.18. The van der Waals surface area contributed by atoms with E-state index in [2.05, 4.69) is 4.90 Å². The van der Waals surface area contributed by atoms with Gasteiger partial charge in [-0.25, -0.2) is 4.39 Å². The molecule has 132 valence electrons. The van der Waals surface area contributed by atoms with E-state index in [0.717, 1.165) is 31.8 Å². The van der Waals surface area contributed by atoms with Crippen LogP contribution in [0.25, 0.3) is 0 Å². The average Bonchev–Trinajstić information content (AvgIpc) is 3.14. The predicted molar refractivity (Wildman–Crippen MR) is 97.4 cm³/mol. The maximum atomic E-state index is 13.7. The van der Waals surface area contributed by atoms with E-state index >= 15 is 0 Å². The number of fused-ring (bicyclic) bond motifs is 1. The molecule has 1 saturated heterocycles. The lowest BCUT2D eigenvalue weighted by Gasteiger charge is -2.19. The van der Waals surface area contributed by atoms with Crippen molar-refractivity contribution in [1.82, 2.24) is 4.90 Å². The van der Waals surface area contributed by atoms with E-state index in [4.69, 9.17) is 4.74 Å². The predicted octanol–water partition coefficient (Wildman–Crippen LogP) is 4.37. The standard InChI is InChI=1S/C20H22FNO2S/c21-19-3-1-2-4-20(19)24-17-9-14-11-22(12-15(14)10-17)13-25-18-7-5-16(23)6-8-18/h1-8,14-15,17,23H,9-13H2/t14-,15+,17+. The van der Waals surface area contributed by atoms with Gasteiger partial charge in [0, 0.05) is 23.9 Å². The second-order valence-electron chi connectivity index (χ2n) is 6.97. The van der Waals surface area contributed by atoms with Crippen LogP contribution in [-0.2, 0) is 0 Å². The van der Waals surface area contributed by atoms with Gasteiger partial charge in [0.25, 0.3) is 0 Å². The van der Waals surface area contributed by atoms with Crippen molar-refractivity contribution in [3.05, 3.63) is 54.3 Å². The third-order valence-corrected chi connectivity index (χ3v) is 6.26. The fourth-order valence-electron chi connectivity index (χ4n) is 3.97. The first-order valence-corrected chi connectivity index (χ1v) is 9.71. The summed E-state index contributed by atoms with van der Waals surface area (Å²) >= 11 is 1.80. The molecule has 1 aliphatic heterocycles. The second kappa shape index (κ2) is 7.26. The first-order valence-electron chi connectivity index (χ1n) is 8.73. The normalized spacial score (nSPS) is 25.9. The maximum Gasteiger partial charge on any atom is 0.165 e. The number of para-hydroxylation sites is 1. The zero-order chi connectivity index (χ0) is 17.2. The van der Waals surface area contributed by atoms with E-state index in [9.17, 15) is 9.50 Å². The van der Waals surface area contributed by atoms with Crippen LogP contribution >= 0.6 is 11.8 Å². The molecule has 1 heterocycles.